The number of carbonyl (C=O) groups is 1. The minimum atomic E-state index is 0.423. The molecule has 0 spiro atoms. The smallest absolute Gasteiger partial charge is 0.136 e. The Balaban J connectivity index is 1.82. The second-order valence-corrected chi connectivity index (χ2v) is 6.04. The summed E-state index contributed by atoms with van der Waals surface area (Å²) in [6.45, 7) is 2.28. The zero-order valence-electron chi connectivity index (χ0n) is 12.9. The summed E-state index contributed by atoms with van der Waals surface area (Å²) < 4.78 is 0. The highest BCUT2D eigenvalue weighted by Crippen LogP contribution is 2.21. The SMILES string of the molecule is CCCCCCCCCCCCC1=CCC(=O)CC1. The van der Waals surface area contributed by atoms with Gasteiger partial charge >= 0.3 is 0 Å². The van der Waals surface area contributed by atoms with Gasteiger partial charge in [-0.25, -0.2) is 0 Å². The first kappa shape index (κ1) is 16.5. The molecule has 0 aliphatic heterocycles. The molecule has 1 nitrogen and oxygen atoms in total. The maximum atomic E-state index is 11.1. The first-order valence-corrected chi connectivity index (χ1v) is 8.52. The van der Waals surface area contributed by atoms with Crippen molar-refractivity contribution >= 4 is 5.78 Å². The number of Topliss-reactive ketones (excluding diaryl/α,β-unsaturated/α-hetero) is 1. The number of allylic oxidation sites excluding steroid dienone is 2. The average Bonchev–Trinajstić information content (AvgIpc) is 2.43. The van der Waals surface area contributed by atoms with E-state index in [1.54, 1.807) is 5.57 Å². The van der Waals surface area contributed by atoms with E-state index in [4.69, 9.17) is 0 Å². The van der Waals surface area contributed by atoms with Crippen molar-refractivity contribution < 1.29 is 4.79 Å². The number of unbranched alkanes of at least 4 members (excludes halogenated alkanes) is 9. The van der Waals surface area contributed by atoms with Crippen LogP contribution in [0.15, 0.2) is 11.6 Å². The molecule has 110 valence electrons. The van der Waals surface area contributed by atoms with Crippen LogP contribution in [0.3, 0.4) is 0 Å². The van der Waals surface area contributed by atoms with Crippen LogP contribution in [0.2, 0.25) is 0 Å². The molecule has 0 amide bonds. The van der Waals surface area contributed by atoms with Crippen molar-refractivity contribution in [3.8, 4) is 0 Å². The Morgan fingerprint density at radius 1 is 0.842 bits per heavy atom. The Hall–Kier alpha value is -0.590. The maximum Gasteiger partial charge on any atom is 0.136 e. The molecular formula is C18H32O. The summed E-state index contributed by atoms with van der Waals surface area (Å²) in [5.41, 5.74) is 1.54. The second kappa shape index (κ2) is 11.3. The van der Waals surface area contributed by atoms with Crippen LogP contribution in [0, 0.1) is 0 Å². The van der Waals surface area contributed by atoms with Crippen LogP contribution in [-0.2, 0) is 4.79 Å². The summed E-state index contributed by atoms with van der Waals surface area (Å²) >= 11 is 0. The molecule has 0 radical (unpaired) electrons. The molecule has 1 aliphatic rings. The minimum Gasteiger partial charge on any atom is -0.299 e. The summed E-state index contributed by atoms with van der Waals surface area (Å²) in [7, 11) is 0. The van der Waals surface area contributed by atoms with E-state index >= 15 is 0 Å². The Bertz CT molecular complexity index is 265. The summed E-state index contributed by atoms with van der Waals surface area (Å²) in [6, 6.07) is 0. The van der Waals surface area contributed by atoms with Crippen LogP contribution >= 0.6 is 0 Å². The predicted molar refractivity (Wildman–Crippen MR) is 83.4 cm³/mol. The third kappa shape index (κ3) is 9.02. The van der Waals surface area contributed by atoms with E-state index in [1.807, 2.05) is 0 Å². The molecule has 0 saturated carbocycles. The topological polar surface area (TPSA) is 17.1 Å². The Morgan fingerprint density at radius 3 is 1.95 bits per heavy atom. The molecule has 0 unspecified atom stereocenters. The van der Waals surface area contributed by atoms with Gasteiger partial charge < -0.3 is 0 Å². The van der Waals surface area contributed by atoms with Crippen molar-refractivity contribution in [2.75, 3.05) is 0 Å². The zero-order chi connectivity index (χ0) is 13.8. The van der Waals surface area contributed by atoms with Gasteiger partial charge in [-0.3, -0.25) is 4.79 Å². The molecule has 0 heterocycles. The van der Waals surface area contributed by atoms with Gasteiger partial charge in [0.2, 0.25) is 0 Å². The molecule has 0 N–H and O–H groups in total. The second-order valence-electron chi connectivity index (χ2n) is 6.04. The molecule has 0 fully saturated rings. The average molecular weight is 264 g/mol. The van der Waals surface area contributed by atoms with Crippen molar-refractivity contribution in [1.82, 2.24) is 0 Å². The fourth-order valence-electron chi connectivity index (χ4n) is 2.83. The van der Waals surface area contributed by atoms with Gasteiger partial charge in [-0.15, -0.1) is 0 Å². The molecule has 0 aromatic carbocycles. The van der Waals surface area contributed by atoms with E-state index in [0.29, 0.717) is 12.2 Å². The van der Waals surface area contributed by atoms with Crippen LogP contribution in [0.1, 0.15) is 96.8 Å². The van der Waals surface area contributed by atoms with Crippen molar-refractivity contribution in [2.24, 2.45) is 0 Å². The van der Waals surface area contributed by atoms with Gasteiger partial charge in [0.1, 0.15) is 5.78 Å². The number of ketones is 1. The van der Waals surface area contributed by atoms with Crippen LogP contribution in [0.4, 0.5) is 0 Å². The third-order valence-corrected chi connectivity index (χ3v) is 4.19. The van der Waals surface area contributed by atoms with E-state index in [2.05, 4.69) is 13.0 Å². The van der Waals surface area contributed by atoms with Crippen molar-refractivity contribution in [2.45, 2.75) is 96.8 Å². The van der Waals surface area contributed by atoms with Gasteiger partial charge in [0.15, 0.2) is 0 Å². The van der Waals surface area contributed by atoms with Crippen molar-refractivity contribution in [3.63, 3.8) is 0 Å². The molecule has 1 heteroatoms. The molecule has 0 aromatic rings. The monoisotopic (exact) mass is 264 g/mol. The predicted octanol–water partition coefficient (Wildman–Crippen LogP) is 5.98. The van der Waals surface area contributed by atoms with E-state index in [9.17, 15) is 4.79 Å². The fourth-order valence-corrected chi connectivity index (χ4v) is 2.83. The lowest BCUT2D eigenvalue weighted by Gasteiger charge is -2.11. The Morgan fingerprint density at radius 2 is 1.42 bits per heavy atom. The lowest BCUT2D eigenvalue weighted by Crippen LogP contribution is -2.03. The molecule has 0 bridgehead atoms. The highest BCUT2D eigenvalue weighted by Gasteiger charge is 2.09. The molecule has 1 aliphatic carbocycles. The number of rotatable bonds is 11. The van der Waals surface area contributed by atoms with Crippen molar-refractivity contribution in [1.29, 1.82) is 0 Å². The molecular weight excluding hydrogens is 232 g/mol. The van der Waals surface area contributed by atoms with E-state index in [1.165, 1.54) is 70.6 Å². The first-order chi connectivity index (χ1) is 9.33. The summed E-state index contributed by atoms with van der Waals surface area (Å²) in [5, 5.41) is 0. The Labute approximate surface area is 119 Å². The van der Waals surface area contributed by atoms with Gasteiger partial charge in [-0.2, -0.15) is 0 Å². The Kier molecular flexibility index (Phi) is 9.75. The number of hydrogen-bond donors (Lipinski definition) is 0. The number of hydrogen-bond acceptors (Lipinski definition) is 1. The quantitative estimate of drug-likeness (QED) is 0.331. The van der Waals surface area contributed by atoms with Gasteiger partial charge in [0.25, 0.3) is 0 Å². The third-order valence-electron chi connectivity index (χ3n) is 4.19. The molecule has 0 saturated heterocycles. The van der Waals surface area contributed by atoms with Crippen LogP contribution in [0.25, 0.3) is 0 Å². The number of carbonyl (C=O) groups excluding carboxylic acids is 1. The summed E-state index contributed by atoms with van der Waals surface area (Å²) in [4.78, 5) is 11.1. The lowest BCUT2D eigenvalue weighted by atomic mass is 9.94. The first-order valence-electron chi connectivity index (χ1n) is 8.52. The zero-order valence-corrected chi connectivity index (χ0v) is 12.9. The molecule has 1 rings (SSSR count). The van der Waals surface area contributed by atoms with Gasteiger partial charge in [0.05, 0.1) is 0 Å². The van der Waals surface area contributed by atoms with Gasteiger partial charge in [-0.1, -0.05) is 76.4 Å². The highest BCUT2D eigenvalue weighted by atomic mass is 16.1. The molecule has 19 heavy (non-hydrogen) atoms. The van der Waals surface area contributed by atoms with Crippen LogP contribution in [0.5, 0.6) is 0 Å². The van der Waals surface area contributed by atoms with Crippen LogP contribution in [-0.4, -0.2) is 5.78 Å². The van der Waals surface area contributed by atoms with E-state index in [-0.39, 0.29) is 0 Å². The maximum absolute atomic E-state index is 11.1. The highest BCUT2D eigenvalue weighted by molar-refractivity contribution is 5.81. The van der Waals surface area contributed by atoms with Crippen molar-refractivity contribution in [3.05, 3.63) is 11.6 Å². The lowest BCUT2D eigenvalue weighted by molar-refractivity contribution is -0.118. The fraction of sp³-hybridized carbons (Fsp3) is 0.833. The van der Waals surface area contributed by atoms with Gasteiger partial charge in [-0.05, 0) is 19.3 Å². The molecule has 0 aromatic heterocycles. The minimum absolute atomic E-state index is 0.423. The standard InChI is InChI=1S/C18H32O/c1-2-3-4-5-6-7-8-9-10-11-12-17-13-15-18(19)16-14-17/h13H,2-12,14-16H2,1H3. The van der Waals surface area contributed by atoms with E-state index < -0.39 is 0 Å². The molecule has 0 atom stereocenters. The summed E-state index contributed by atoms with van der Waals surface area (Å²) in [6.07, 6.45) is 20.0. The summed E-state index contributed by atoms with van der Waals surface area (Å²) in [5.74, 6) is 0.423. The normalized spacial score (nSPS) is 15.6. The van der Waals surface area contributed by atoms with Crippen LogP contribution < -0.4 is 0 Å². The van der Waals surface area contributed by atoms with E-state index in [0.717, 1.165) is 12.8 Å². The van der Waals surface area contributed by atoms with Gasteiger partial charge in [0, 0.05) is 12.8 Å². The largest absolute Gasteiger partial charge is 0.299 e.